The molecule has 2 aromatic carbocycles. The molecule has 0 saturated carbocycles. The van der Waals surface area contributed by atoms with Gasteiger partial charge in [0.05, 0.1) is 19.8 Å². The third kappa shape index (κ3) is 6.69. The summed E-state index contributed by atoms with van der Waals surface area (Å²) in [5.74, 6) is -0.160. The molecule has 1 fully saturated rings. The van der Waals surface area contributed by atoms with E-state index in [-0.39, 0.29) is 25.1 Å². The summed E-state index contributed by atoms with van der Waals surface area (Å²) in [5.41, 5.74) is 1.20. The molecular formula is C28H29FN6O4S. The van der Waals surface area contributed by atoms with Crippen LogP contribution >= 0.6 is 11.3 Å². The number of aromatic nitrogens is 4. The van der Waals surface area contributed by atoms with Gasteiger partial charge in [-0.1, -0.05) is 18.2 Å². The van der Waals surface area contributed by atoms with Crippen molar-refractivity contribution in [2.75, 3.05) is 20.3 Å². The van der Waals surface area contributed by atoms with Gasteiger partial charge < -0.3 is 19.7 Å². The highest BCUT2D eigenvalue weighted by Crippen LogP contribution is 2.26. The molecule has 2 amide bonds. The number of tetrazole rings is 1. The van der Waals surface area contributed by atoms with E-state index in [0.29, 0.717) is 35.9 Å². The molecule has 2 aromatic heterocycles. The van der Waals surface area contributed by atoms with Crippen LogP contribution in [0.5, 0.6) is 5.75 Å². The summed E-state index contributed by atoms with van der Waals surface area (Å²) in [6.07, 6.45) is 1.72. The molecule has 0 aliphatic carbocycles. The predicted octanol–water partition coefficient (Wildman–Crippen LogP) is 3.61. The second-order valence-corrected chi connectivity index (χ2v) is 10.3. The molecule has 1 aliphatic rings. The Morgan fingerprint density at radius 1 is 1.20 bits per heavy atom. The number of thiophene rings is 1. The minimum absolute atomic E-state index is 0.0741. The largest absolute Gasteiger partial charge is 0.497 e. The van der Waals surface area contributed by atoms with Crippen LogP contribution in [0.3, 0.4) is 0 Å². The van der Waals surface area contributed by atoms with Gasteiger partial charge in [-0.05, 0) is 71.5 Å². The number of benzene rings is 2. The molecule has 3 heterocycles. The number of methoxy groups -OCH3 is 1. The van der Waals surface area contributed by atoms with Gasteiger partial charge in [0.25, 0.3) is 0 Å². The number of halogens is 1. The molecule has 0 spiro atoms. The minimum atomic E-state index is -1.01. The van der Waals surface area contributed by atoms with E-state index in [1.165, 1.54) is 45.3 Å². The van der Waals surface area contributed by atoms with Crippen LogP contribution in [-0.4, -0.2) is 63.3 Å². The molecule has 40 heavy (non-hydrogen) atoms. The van der Waals surface area contributed by atoms with E-state index < -0.39 is 17.8 Å². The van der Waals surface area contributed by atoms with Crippen LogP contribution in [0.15, 0.2) is 66.0 Å². The van der Waals surface area contributed by atoms with Crippen LogP contribution in [-0.2, 0) is 27.4 Å². The number of ether oxygens (including phenoxy) is 2. The van der Waals surface area contributed by atoms with Crippen LogP contribution < -0.4 is 10.1 Å². The van der Waals surface area contributed by atoms with Gasteiger partial charge in [0.15, 0.2) is 0 Å². The average molecular weight is 565 g/mol. The van der Waals surface area contributed by atoms with Gasteiger partial charge in [0.1, 0.15) is 24.2 Å². The van der Waals surface area contributed by atoms with Crippen molar-refractivity contribution in [2.24, 2.45) is 0 Å². The average Bonchev–Trinajstić information content (AvgIpc) is 3.76. The van der Waals surface area contributed by atoms with Crippen molar-refractivity contribution in [1.29, 1.82) is 0 Å². The summed E-state index contributed by atoms with van der Waals surface area (Å²) in [5, 5.41) is 17.4. The summed E-state index contributed by atoms with van der Waals surface area (Å²) >= 11 is 1.47. The first-order valence-electron chi connectivity index (χ1n) is 12.9. The number of rotatable bonds is 11. The van der Waals surface area contributed by atoms with Gasteiger partial charge in [-0.3, -0.25) is 9.59 Å². The Morgan fingerprint density at radius 2 is 2.00 bits per heavy atom. The highest BCUT2D eigenvalue weighted by Gasteiger charge is 2.33. The number of carbonyl (C=O) groups is 2. The smallest absolute Gasteiger partial charge is 0.247 e. The van der Waals surface area contributed by atoms with E-state index in [2.05, 4.69) is 20.7 Å². The van der Waals surface area contributed by atoms with Crippen molar-refractivity contribution in [2.45, 2.75) is 38.1 Å². The Bertz CT molecular complexity index is 1410. The van der Waals surface area contributed by atoms with Crippen molar-refractivity contribution in [3.05, 3.63) is 82.3 Å². The van der Waals surface area contributed by atoms with Gasteiger partial charge in [-0.15, -0.1) is 21.5 Å². The Morgan fingerprint density at radius 3 is 2.67 bits per heavy atom. The van der Waals surface area contributed by atoms with Crippen molar-refractivity contribution in [1.82, 2.24) is 30.4 Å². The molecule has 0 unspecified atom stereocenters. The van der Waals surface area contributed by atoms with Crippen molar-refractivity contribution in [3.8, 4) is 17.1 Å². The quantitative estimate of drug-likeness (QED) is 0.296. The molecular weight excluding hydrogens is 535 g/mol. The molecule has 1 N–H and O–H groups in total. The Labute approximate surface area is 234 Å². The minimum Gasteiger partial charge on any atom is -0.497 e. The number of amides is 2. The zero-order valence-corrected chi connectivity index (χ0v) is 22.7. The second kappa shape index (κ2) is 12.8. The zero-order chi connectivity index (χ0) is 27.9. The lowest BCUT2D eigenvalue weighted by atomic mass is 10.0. The lowest BCUT2D eigenvalue weighted by Gasteiger charge is -2.31. The monoisotopic (exact) mass is 564 g/mol. The Hall–Kier alpha value is -4.16. The molecule has 0 radical (unpaired) electrons. The van der Waals surface area contributed by atoms with E-state index in [1.807, 2.05) is 17.5 Å². The van der Waals surface area contributed by atoms with E-state index in [4.69, 9.17) is 9.47 Å². The summed E-state index contributed by atoms with van der Waals surface area (Å²) in [4.78, 5) is 31.0. The first-order chi connectivity index (χ1) is 19.5. The molecule has 5 rings (SSSR count). The molecule has 10 nitrogen and oxygen atoms in total. The SMILES string of the molecule is COc1ccc(-c2nnn(CC(=O)N(Cc3cccs3)[C@H](C(=O)NC[C@@H]3CCCO3)c3ccc(F)cc3)n2)cc1. The standard InChI is InChI=1S/C28H29FN6O4S/c1-38-22-12-8-20(9-13-22)27-31-33-35(32-27)18-25(36)34(17-24-5-3-15-40-24)26(19-6-10-21(29)11-7-19)28(37)30-16-23-4-2-14-39-23/h3,5-13,15,23,26H,2,4,14,16-18H2,1H3,(H,30,37)/t23-,26-/m0/s1. The number of nitrogens with one attached hydrogen (secondary N) is 1. The van der Waals surface area contributed by atoms with E-state index >= 15 is 0 Å². The van der Waals surface area contributed by atoms with Gasteiger partial charge >= 0.3 is 0 Å². The van der Waals surface area contributed by atoms with Crippen molar-refractivity contribution in [3.63, 3.8) is 0 Å². The molecule has 1 aliphatic heterocycles. The van der Waals surface area contributed by atoms with Crippen molar-refractivity contribution >= 4 is 23.2 Å². The van der Waals surface area contributed by atoms with Crippen LogP contribution in [0.25, 0.3) is 11.4 Å². The maximum absolute atomic E-state index is 13.8. The maximum Gasteiger partial charge on any atom is 0.247 e. The maximum atomic E-state index is 13.8. The molecule has 208 valence electrons. The number of carbonyl (C=O) groups excluding carboxylic acids is 2. The fraction of sp³-hybridized carbons (Fsp3) is 0.321. The molecule has 1 saturated heterocycles. The second-order valence-electron chi connectivity index (χ2n) is 9.31. The van der Waals surface area contributed by atoms with Crippen LogP contribution in [0.4, 0.5) is 4.39 Å². The van der Waals surface area contributed by atoms with Crippen LogP contribution in [0.2, 0.25) is 0 Å². The normalized spacial score (nSPS) is 15.5. The van der Waals surface area contributed by atoms with Gasteiger partial charge in [-0.2, -0.15) is 4.80 Å². The molecule has 0 bridgehead atoms. The number of hydrogen-bond donors (Lipinski definition) is 1. The Balaban J connectivity index is 1.41. The third-order valence-electron chi connectivity index (χ3n) is 6.58. The summed E-state index contributed by atoms with van der Waals surface area (Å²) < 4.78 is 24.7. The summed E-state index contributed by atoms with van der Waals surface area (Å²) in [6, 6.07) is 15.5. The fourth-order valence-electron chi connectivity index (χ4n) is 4.51. The summed E-state index contributed by atoms with van der Waals surface area (Å²) in [6.45, 7) is 0.916. The highest BCUT2D eigenvalue weighted by molar-refractivity contribution is 7.09. The van der Waals surface area contributed by atoms with E-state index in [0.717, 1.165) is 17.7 Å². The fourth-order valence-corrected chi connectivity index (χ4v) is 5.21. The number of nitrogens with zero attached hydrogens (tertiary/aromatic N) is 5. The predicted molar refractivity (Wildman–Crippen MR) is 146 cm³/mol. The van der Waals surface area contributed by atoms with E-state index in [1.54, 1.807) is 31.4 Å². The zero-order valence-electron chi connectivity index (χ0n) is 21.9. The van der Waals surface area contributed by atoms with E-state index in [9.17, 15) is 14.0 Å². The van der Waals surface area contributed by atoms with Crippen LogP contribution in [0, 0.1) is 5.82 Å². The molecule has 12 heteroatoms. The van der Waals surface area contributed by atoms with Gasteiger partial charge in [0.2, 0.25) is 17.6 Å². The molecule has 4 aromatic rings. The number of hydrogen-bond acceptors (Lipinski definition) is 8. The lowest BCUT2D eigenvalue weighted by Crippen LogP contribution is -2.46. The van der Waals surface area contributed by atoms with Gasteiger partial charge in [0, 0.05) is 23.6 Å². The van der Waals surface area contributed by atoms with Crippen LogP contribution in [0.1, 0.15) is 29.3 Å². The third-order valence-corrected chi connectivity index (χ3v) is 7.44. The first kappa shape index (κ1) is 27.4. The lowest BCUT2D eigenvalue weighted by molar-refractivity contribution is -0.142. The Kier molecular flexibility index (Phi) is 8.77. The van der Waals surface area contributed by atoms with Gasteiger partial charge in [-0.25, -0.2) is 4.39 Å². The molecule has 2 atom stereocenters. The highest BCUT2D eigenvalue weighted by atomic mass is 32.1. The first-order valence-corrected chi connectivity index (χ1v) is 13.8. The van der Waals surface area contributed by atoms with Crippen molar-refractivity contribution < 1.29 is 23.5 Å². The summed E-state index contributed by atoms with van der Waals surface area (Å²) in [7, 11) is 1.58. The topological polar surface area (TPSA) is 111 Å².